The number of carbonyl (C=O) groups is 2. The van der Waals surface area contributed by atoms with Crippen LogP contribution in [0.25, 0.3) is 11.3 Å². The van der Waals surface area contributed by atoms with Gasteiger partial charge in [0.1, 0.15) is 0 Å². The molecule has 2 aromatic heterocycles. The maximum Gasteiger partial charge on any atom is 0.272 e. The van der Waals surface area contributed by atoms with E-state index >= 15 is 0 Å². The highest BCUT2D eigenvalue weighted by atomic mass is 35.5. The highest BCUT2D eigenvalue weighted by molar-refractivity contribution is 7.98. The summed E-state index contributed by atoms with van der Waals surface area (Å²) >= 11 is 7.58. The first kappa shape index (κ1) is 24.5. The third-order valence-corrected chi connectivity index (χ3v) is 7.69. The van der Waals surface area contributed by atoms with Crippen LogP contribution >= 0.6 is 23.4 Å². The van der Waals surface area contributed by atoms with E-state index in [4.69, 9.17) is 26.8 Å². The van der Waals surface area contributed by atoms with Crippen molar-refractivity contribution in [2.45, 2.75) is 36.9 Å². The lowest BCUT2D eigenvalue weighted by Gasteiger charge is -2.35. The normalized spacial score (nSPS) is 19.2. The van der Waals surface area contributed by atoms with Gasteiger partial charge in [-0.15, -0.1) is 0 Å². The molecule has 0 fully saturated rings. The first-order valence-electron chi connectivity index (χ1n) is 11.9. The number of primary amides is 1. The number of halogens is 1. The van der Waals surface area contributed by atoms with Gasteiger partial charge in [-0.05, 0) is 49.3 Å². The number of allylic oxidation sites excluding steroid dienone is 2. The average molecular weight is 551 g/mol. The lowest BCUT2D eigenvalue weighted by molar-refractivity contribution is 0.0916. The van der Waals surface area contributed by atoms with Crippen LogP contribution in [0.15, 0.2) is 47.3 Å². The molecule has 38 heavy (non-hydrogen) atoms. The number of aromatic nitrogens is 4. The molecule has 2 amide bonds. The third-order valence-electron chi connectivity index (χ3n) is 6.85. The van der Waals surface area contributed by atoms with E-state index in [0.29, 0.717) is 35.2 Å². The Balaban J connectivity index is 1.39. The van der Waals surface area contributed by atoms with Crippen molar-refractivity contribution in [3.05, 3.63) is 69.8 Å². The minimum atomic E-state index is -0.755. The number of hydrogen-bond donors (Lipinski definition) is 2. The van der Waals surface area contributed by atoms with Crippen LogP contribution in [0.1, 0.15) is 52.0 Å². The number of rotatable bonds is 5. The zero-order chi connectivity index (χ0) is 26.6. The number of nitrogens with two attached hydrogens (primary N) is 1. The van der Waals surface area contributed by atoms with Crippen molar-refractivity contribution >= 4 is 40.8 Å². The Hall–Kier alpha value is -3.83. The van der Waals surface area contributed by atoms with Gasteiger partial charge >= 0.3 is 0 Å². The molecular weight excluding hydrogens is 528 g/mol. The van der Waals surface area contributed by atoms with Gasteiger partial charge in [-0.2, -0.15) is 5.10 Å². The second kappa shape index (κ2) is 9.17. The second-order valence-electron chi connectivity index (χ2n) is 9.43. The van der Waals surface area contributed by atoms with Crippen molar-refractivity contribution in [1.29, 1.82) is 0 Å². The Morgan fingerprint density at radius 3 is 2.82 bits per heavy atom. The van der Waals surface area contributed by atoms with Crippen molar-refractivity contribution in [1.82, 2.24) is 25.1 Å². The van der Waals surface area contributed by atoms with Crippen molar-refractivity contribution in [2.24, 2.45) is 5.73 Å². The van der Waals surface area contributed by atoms with E-state index < -0.39 is 17.4 Å². The predicted molar refractivity (Wildman–Crippen MR) is 142 cm³/mol. The van der Waals surface area contributed by atoms with E-state index in [0.717, 1.165) is 28.8 Å². The van der Waals surface area contributed by atoms with Gasteiger partial charge in [-0.3, -0.25) is 9.59 Å². The summed E-state index contributed by atoms with van der Waals surface area (Å²) in [5.74, 6) is 0.260. The Labute approximate surface area is 227 Å². The number of carbonyl (C=O) groups excluding carboxylic acids is 2. The van der Waals surface area contributed by atoms with Crippen LogP contribution in [0.5, 0.6) is 11.5 Å². The molecule has 1 unspecified atom stereocenters. The van der Waals surface area contributed by atoms with E-state index in [1.807, 2.05) is 43.5 Å². The quantitative estimate of drug-likeness (QED) is 0.362. The van der Waals surface area contributed by atoms with Crippen LogP contribution < -0.4 is 20.5 Å². The Bertz CT molecular complexity index is 1580. The van der Waals surface area contributed by atoms with Gasteiger partial charge in [0.2, 0.25) is 6.79 Å². The number of hydrogen-bond acceptors (Lipinski definition) is 8. The minimum absolute atomic E-state index is 0.117. The summed E-state index contributed by atoms with van der Waals surface area (Å²) in [7, 11) is 0. The number of fused-ring (bicyclic) bond motifs is 3. The number of ether oxygens (including phenoxy) is 2. The summed E-state index contributed by atoms with van der Waals surface area (Å²) in [5.41, 5.74) is 9.74. The summed E-state index contributed by atoms with van der Waals surface area (Å²) in [5, 5.41) is 8.35. The van der Waals surface area contributed by atoms with Crippen molar-refractivity contribution in [3.63, 3.8) is 0 Å². The maximum absolute atomic E-state index is 13.3. The molecule has 0 saturated heterocycles. The fourth-order valence-electron chi connectivity index (χ4n) is 5.07. The van der Waals surface area contributed by atoms with Crippen LogP contribution in [0, 0.1) is 0 Å². The van der Waals surface area contributed by atoms with Gasteiger partial charge in [0.25, 0.3) is 11.8 Å². The van der Waals surface area contributed by atoms with Crippen molar-refractivity contribution in [3.8, 4) is 17.2 Å². The van der Waals surface area contributed by atoms with Gasteiger partial charge in [-0.25, -0.2) is 14.6 Å². The van der Waals surface area contributed by atoms with Crippen molar-refractivity contribution in [2.75, 3.05) is 13.0 Å². The molecule has 194 valence electrons. The fraction of sp³-hybridized carbons (Fsp3) is 0.269. The maximum atomic E-state index is 13.3. The van der Waals surface area contributed by atoms with Crippen LogP contribution in [0.2, 0.25) is 5.02 Å². The standard InChI is InChI=1S/C26H23ClN6O4S/c1-26(31-24(35)21-17(27)11-29-25(30-21)38-2)8-7-13-3-5-15-20(23(28)34)32-33(22(15)16(13)10-26)14-4-6-18-19(9-14)37-12-36-18/h4,6-9,11H,3,5,10,12H2,1-2H3,(H2,28,34)(H,31,35). The lowest BCUT2D eigenvalue weighted by atomic mass is 9.77. The van der Waals surface area contributed by atoms with Gasteiger partial charge in [0, 0.05) is 18.1 Å². The fourth-order valence-corrected chi connectivity index (χ4v) is 5.58. The third kappa shape index (κ3) is 4.11. The molecule has 0 saturated carbocycles. The zero-order valence-electron chi connectivity index (χ0n) is 20.6. The Morgan fingerprint density at radius 2 is 2.03 bits per heavy atom. The smallest absolute Gasteiger partial charge is 0.272 e. The largest absolute Gasteiger partial charge is 0.454 e. The molecule has 10 nitrogen and oxygen atoms in total. The number of amides is 2. The Kier molecular flexibility index (Phi) is 5.92. The first-order chi connectivity index (χ1) is 18.3. The average Bonchev–Trinajstić information content (AvgIpc) is 3.53. The van der Waals surface area contributed by atoms with Crippen LogP contribution in [-0.4, -0.2) is 50.2 Å². The van der Waals surface area contributed by atoms with Gasteiger partial charge in [0.15, 0.2) is 28.0 Å². The summed E-state index contributed by atoms with van der Waals surface area (Å²) in [6.45, 7) is 2.08. The molecule has 1 aliphatic heterocycles. The molecule has 6 rings (SSSR count). The summed E-state index contributed by atoms with van der Waals surface area (Å²) in [6, 6.07) is 5.50. The molecule has 0 spiro atoms. The van der Waals surface area contributed by atoms with Crippen molar-refractivity contribution < 1.29 is 19.1 Å². The first-order valence-corrected chi connectivity index (χ1v) is 13.5. The van der Waals surface area contributed by atoms with Gasteiger partial charge in [0.05, 0.1) is 28.1 Å². The monoisotopic (exact) mass is 550 g/mol. The van der Waals surface area contributed by atoms with E-state index in [-0.39, 0.29) is 23.2 Å². The molecule has 3 aromatic rings. The summed E-state index contributed by atoms with van der Waals surface area (Å²) in [4.78, 5) is 34.0. The summed E-state index contributed by atoms with van der Waals surface area (Å²) in [6.07, 6.45) is 9.08. The van der Waals surface area contributed by atoms with Gasteiger partial charge in [-0.1, -0.05) is 35.5 Å². The predicted octanol–water partition coefficient (Wildman–Crippen LogP) is 3.71. The molecular formula is C26H23ClN6O4S. The van der Waals surface area contributed by atoms with Crippen LogP contribution in [0.3, 0.4) is 0 Å². The van der Waals surface area contributed by atoms with Crippen LogP contribution in [0.4, 0.5) is 0 Å². The SMILES string of the molecule is CSc1ncc(Cl)c(C(=O)NC2(C)C=CC3=C(C2)c2c(c(C(N)=O)nn2-c2ccc4c(c2)OCO4)CC3)n1. The number of benzene rings is 1. The van der Waals surface area contributed by atoms with E-state index in [2.05, 4.69) is 20.4 Å². The topological polar surface area (TPSA) is 134 Å². The minimum Gasteiger partial charge on any atom is -0.454 e. The Morgan fingerprint density at radius 1 is 1.21 bits per heavy atom. The zero-order valence-corrected chi connectivity index (χ0v) is 22.2. The molecule has 2 aliphatic carbocycles. The molecule has 3 N–H and O–H groups in total. The number of nitrogens with zero attached hydrogens (tertiary/aromatic N) is 4. The molecule has 1 aromatic carbocycles. The lowest BCUT2D eigenvalue weighted by Crippen LogP contribution is -2.46. The number of nitrogens with one attached hydrogen (secondary N) is 1. The molecule has 3 aliphatic rings. The van der Waals surface area contributed by atoms with E-state index in [1.165, 1.54) is 18.0 Å². The highest BCUT2D eigenvalue weighted by Crippen LogP contribution is 2.43. The second-order valence-corrected chi connectivity index (χ2v) is 10.6. The summed E-state index contributed by atoms with van der Waals surface area (Å²) < 4.78 is 12.7. The molecule has 1 atom stereocenters. The number of thioether (sulfide) groups is 1. The highest BCUT2D eigenvalue weighted by Gasteiger charge is 2.37. The van der Waals surface area contributed by atoms with E-state index in [9.17, 15) is 9.59 Å². The van der Waals surface area contributed by atoms with Gasteiger partial charge < -0.3 is 20.5 Å². The molecule has 3 heterocycles. The molecule has 12 heteroatoms. The van der Waals surface area contributed by atoms with E-state index in [1.54, 1.807) is 4.68 Å². The molecule has 0 bridgehead atoms. The molecule has 0 radical (unpaired) electrons. The van der Waals surface area contributed by atoms with Crippen LogP contribution in [-0.2, 0) is 6.42 Å².